The Morgan fingerprint density at radius 1 is 1.12 bits per heavy atom. The summed E-state index contributed by atoms with van der Waals surface area (Å²) < 4.78 is 36.7. The predicted octanol–water partition coefficient (Wildman–Crippen LogP) is 5.14. The third kappa shape index (κ3) is 5.57. The van der Waals surface area contributed by atoms with Crippen molar-refractivity contribution in [3.8, 4) is 5.69 Å². The number of rotatable bonds is 6. The molecule has 2 fully saturated rings. The summed E-state index contributed by atoms with van der Waals surface area (Å²) in [6.07, 6.45) is 1.63. The molecule has 2 aliphatic heterocycles. The molecule has 1 saturated carbocycles. The van der Waals surface area contributed by atoms with Crippen LogP contribution in [0.3, 0.4) is 0 Å². The van der Waals surface area contributed by atoms with Gasteiger partial charge in [0.1, 0.15) is 0 Å². The van der Waals surface area contributed by atoms with E-state index in [-0.39, 0.29) is 36.8 Å². The average Bonchev–Trinajstić information content (AvgIpc) is 3.61. The largest absolute Gasteiger partial charge is 0.383 e. The number of likely N-dealkylation sites (tertiary alicyclic amines) is 1. The molecular weight excluding hydrogens is 542 g/mol. The van der Waals surface area contributed by atoms with E-state index in [0.717, 1.165) is 29.1 Å². The molecule has 3 aliphatic rings. The molecule has 3 amide bonds. The number of amides is 3. The number of benzene rings is 2. The van der Waals surface area contributed by atoms with E-state index in [9.17, 15) is 18.4 Å². The molecule has 6 rings (SSSR count). The van der Waals surface area contributed by atoms with Gasteiger partial charge in [-0.1, -0.05) is 18.2 Å². The Labute approximate surface area is 243 Å². The number of aromatic nitrogens is 2. The Bertz CT molecular complexity index is 1440. The second-order valence-electron chi connectivity index (χ2n) is 11.6. The lowest BCUT2D eigenvalue weighted by atomic mass is 9.80. The number of aryl methyl sites for hydroxylation is 1. The summed E-state index contributed by atoms with van der Waals surface area (Å²) in [4.78, 5) is 28.9. The molecule has 2 aromatic carbocycles. The summed E-state index contributed by atoms with van der Waals surface area (Å²) in [6, 6.07) is 15.4. The molecule has 9 nitrogen and oxygen atoms in total. The Hall–Kier alpha value is -3.99. The van der Waals surface area contributed by atoms with Gasteiger partial charge in [-0.25, -0.2) is 18.3 Å². The molecule has 42 heavy (non-hydrogen) atoms. The van der Waals surface area contributed by atoms with Gasteiger partial charge in [0.05, 0.1) is 36.0 Å². The number of hydrogen-bond acceptors (Lipinski definition) is 5. The number of carbonyl (C=O) groups excluding carboxylic acids is 2. The molecule has 11 heteroatoms. The van der Waals surface area contributed by atoms with Gasteiger partial charge in [0, 0.05) is 56.0 Å². The first-order valence-corrected chi connectivity index (χ1v) is 14.5. The van der Waals surface area contributed by atoms with Crippen LogP contribution in [0.1, 0.15) is 43.0 Å². The first kappa shape index (κ1) is 28.1. The molecule has 0 bridgehead atoms. The maximum Gasteiger partial charge on any atom is 0.319 e. The molecule has 3 N–H and O–H groups in total. The van der Waals surface area contributed by atoms with Crippen LogP contribution in [0, 0.1) is 18.8 Å². The van der Waals surface area contributed by atoms with Gasteiger partial charge in [-0.15, -0.1) is 0 Å². The fourth-order valence-electron chi connectivity index (χ4n) is 6.79. The summed E-state index contributed by atoms with van der Waals surface area (Å²) >= 11 is 0. The molecule has 0 spiro atoms. The van der Waals surface area contributed by atoms with Crippen LogP contribution in [0.15, 0.2) is 60.8 Å². The fraction of sp³-hybridized carbons (Fsp3) is 0.452. The summed E-state index contributed by atoms with van der Waals surface area (Å²) in [5.74, 6) is -4.25. The van der Waals surface area contributed by atoms with E-state index in [1.807, 2.05) is 55.6 Å². The van der Waals surface area contributed by atoms with Gasteiger partial charge in [0.15, 0.2) is 0 Å². The lowest BCUT2D eigenvalue weighted by molar-refractivity contribution is -0.146. The summed E-state index contributed by atoms with van der Waals surface area (Å²) in [6.45, 7) is 2.85. The first-order valence-electron chi connectivity index (χ1n) is 14.5. The van der Waals surface area contributed by atoms with E-state index in [2.05, 4.69) is 21.0 Å². The van der Waals surface area contributed by atoms with Gasteiger partial charge in [-0.2, -0.15) is 5.10 Å². The van der Waals surface area contributed by atoms with Gasteiger partial charge >= 0.3 is 6.03 Å². The van der Waals surface area contributed by atoms with E-state index >= 15 is 0 Å². The van der Waals surface area contributed by atoms with Gasteiger partial charge in [0.25, 0.3) is 0 Å². The SMILES string of the molecule is COC[C@@H]1Nc2ccccc2[C@H]2[C@@H]1CCN2C(=O)[C@H]1CC(F)(F)CC[C@H]1NC(=O)Nc1ccc(-n2ccc(C)n2)cc1. The van der Waals surface area contributed by atoms with Gasteiger partial charge in [-0.05, 0) is 61.7 Å². The maximum absolute atomic E-state index is 14.7. The first-order chi connectivity index (χ1) is 20.2. The number of fused-ring (bicyclic) bond motifs is 3. The average molecular weight is 579 g/mol. The van der Waals surface area contributed by atoms with Crippen molar-refractivity contribution in [2.75, 3.05) is 30.9 Å². The van der Waals surface area contributed by atoms with E-state index in [0.29, 0.717) is 18.8 Å². The highest BCUT2D eigenvalue weighted by Crippen LogP contribution is 2.48. The molecule has 222 valence electrons. The summed E-state index contributed by atoms with van der Waals surface area (Å²) in [7, 11) is 1.65. The van der Waals surface area contributed by atoms with Crippen LogP contribution < -0.4 is 16.0 Å². The van der Waals surface area contributed by atoms with Crippen LogP contribution in [-0.4, -0.2) is 64.9 Å². The number of urea groups is 1. The quantitative estimate of drug-likeness (QED) is 0.376. The molecule has 0 unspecified atom stereocenters. The standard InChI is InChI=1S/C31H36F2N6O3/c1-19-12-16-39(37-19)21-9-7-20(8-10-21)34-30(41)36-26-11-14-31(32,33)17-24(26)29(40)38-15-13-23-27(18-42-2)35-25-6-4-3-5-22(25)28(23)38/h3-10,12,16,23-24,26-28,35H,11,13-15,17-18H2,1-2H3,(H2,34,36,41)/t23-,24+,26-,27+,28+/m1/s1. The minimum absolute atomic E-state index is 0.00361. The molecule has 0 radical (unpaired) electrons. The van der Waals surface area contributed by atoms with E-state index in [1.54, 1.807) is 28.8 Å². The maximum atomic E-state index is 14.7. The lowest BCUT2D eigenvalue weighted by Crippen LogP contribution is -2.54. The monoisotopic (exact) mass is 578 g/mol. The highest BCUT2D eigenvalue weighted by molar-refractivity contribution is 5.90. The second kappa shape index (κ2) is 11.4. The number of hydrogen-bond donors (Lipinski definition) is 3. The van der Waals surface area contributed by atoms with E-state index < -0.39 is 30.3 Å². The molecule has 1 aliphatic carbocycles. The van der Waals surface area contributed by atoms with E-state index in [1.165, 1.54) is 0 Å². The van der Waals surface area contributed by atoms with Gasteiger partial charge in [-0.3, -0.25) is 4.79 Å². The molecule has 3 aromatic rings. The van der Waals surface area contributed by atoms with Crippen LogP contribution in [0.4, 0.5) is 25.0 Å². The highest BCUT2D eigenvalue weighted by Gasteiger charge is 2.51. The minimum Gasteiger partial charge on any atom is -0.383 e. The Morgan fingerprint density at radius 3 is 2.64 bits per heavy atom. The number of nitrogens with zero attached hydrogens (tertiary/aromatic N) is 3. The van der Waals surface area contributed by atoms with Gasteiger partial charge < -0.3 is 25.6 Å². The number of methoxy groups -OCH3 is 1. The number of anilines is 2. The Kier molecular flexibility index (Phi) is 7.61. The number of halogens is 2. The number of carbonyl (C=O) groups is 2. The van der Waals surface area contributed by atoms with Crippen molar-refractivity contribution in [3.63, 3.8) is 0 Å². The third-order valence-electron chi connectivity index (χ3n) is 8.78. The topological polar surface area (TPSA) is 101 Å². The number of para-hydroxylation sites is 1. The summed E-state index contributed by atoms with van der Waals surface area (Å²) in [5, 5.41) is 13.6. The number of ether oxygens (including phenoxy) is 1. The molecule has 1 saturated heterocycles. The summed E-state index contributed by atoms with van der Waals surface area (Å²) in [5.41, 5.74) is 4.19. The van der Waals surface area contributed by atoms with Crippen molar-refractivity contribution in [3.05, 3.63) is 72.1 Å². The van der Waals surface area contributed by atoms with Crippen molar-refractivity contribution in [1.82, 2.24) is 20.0 Å². The van der Waals surface area contributed by atoms with Crippen LogP contribution in [0.5, 0.6) is 0 Å². The van der Waals surface area contributed by atoms with Crippen LogP contribution in [0.25, 0.3) is 5.69 Å². The van der Waals surface area contributed by atoms with E-state index in [4.69, 9.17) is 4.74 Å². The number of alkyl halides is 2. The minimum atomic E-state index is -2.97. The number of nitrogens with one attached hydrogen (secondary N) is 3. The normalized spacial score (nSPS) is 26.1. The van der Waals surface area contributed by atoms with Crippen LogP contribution in [0.2, 0.25) is 0 Å². The zero-order valence-electron chi connectivity index (χ0n) is 23.7. The van der Waals surface area contributed by atoms with Gasteiger partial charge in [0.2, 0.25) is 11.8 Å². The smallest absolute Gasteiger partial charge is 0.319 e. The van der Waals surface area contributed by atoms with Crippen molar-refractivity contribution >= 4 is 23.3 Å². The third-order valence-corrected chi connectivity index (χ3v) is 8.78. The zero-order chi connectivity index (χ0) is 29.4. The fourth-order valence-corrected chi connectivity index (χ4v) is 6.79. The van der Waals surface area contributed by atoms with Crippen molar-refractivity contribution < 1.29 is 23.1 Å². The van der Waals surface area contributed by atoms with Crippen molar-refractivity contribution in [1.29, 1.82) is 0 Å². The van der Waals surface area contributed by atoms with Crippen molar-refractivity contribution in [2.24, 2.45) is 11.8 Å². The Morgan fingerprint density at radius 2 is 1.90 bits per heavy atom. The predicted molar refractivity (Wildman–Crippen MR) is 155 cm³/mol. The second-order valence-corrected chi connectivity index (χ2v) is 11.6. The van der Waals surface area contributed by atoms with Crippen molar-refractivity contribution in [2.45, 2.75) is 56.7 Å². The molecule has 5 atom stereocenters. The van der Waals surface area contributed by atoms with Crippen LogP contribution in [-0.2, 0) is 9.53 Å². The lowest BCUT2D eigenvalue weighted by Gasteiger charge is -2.42. The zero-order valence-corrected chi connectivity index (χ0v) is 23.7. The molecular formula is C31H36F2N6O3. The van der Waals surface area contributed by atoms with Crippen LogP contribution >= 0.6 is 0 Å². The molecule has 3 heterocycles. The highest BCUT2D eigenvalue weighted by atomic mass is 19.3. The Balaban J connectivity index is 1.18. The molecule has 1 aromatic heterocycles.